The van der Waals surface area contributed by atoms with Gasteiger partial charge in [-0.3, -0.25) is 9.25 Å². The molecule has 1 atom stereocenters. The first kappa shape index (κ1) is 14.1. The molecule has 1 N–H and O–H groups in total. The second-order valence-corrected chi connectivity index (χ2v) is 5.83. The van der Waals surface area contributed by atoms with Crippen molar-refractivity contribution in [2.45, 2.75) is 39.7 Å². The van der Waals surface area contributed by atoms with Crippen molar-refractivity contribution in [1.29, 1.82) is 0 Å². The second-order valence-electron chi connectivity index (χ2n) is 5.44. The number of imidazole rings is 1. The fourth-order valence-corrected chi connectivity index (χ4v) is 3.16. The molecule has 3 aromatic rings. The van der Waals surface area contributed by atoms with Crippen molar-refractivity contribution < 1.29 is 4.42 Å². The minimum Gasteiger partial charge on any atom is -0.464 e. The number of hydrogen-bond acceptors (Lipinski definition) is 3. The number of aryl methyl sites for hydroxylation is 3. The number of H-pyrrole nitrogens is 1. The number of nitrogens with one attached hydrogen (secondary N) is 1. The van der Waals surface area contributed by atoms with Crippen LogP contribution in [0.15, 0.2) is 16.5 Å². The Bertz CT molecular complexity index is 836. The molecule has 112 valence electrons. The van der Waals surface area contributed by atoms with E-state index in [9.17, 15) is 0 Å². The first-order chi connectivity index (χ1) is 10.0. The van der Waals surface area contributed by atoms with Gasteiger partial charge in [0.05, 0.1) is 11.7 Å². The molecule has 0 aliphatic carbocycles. The normalized spacial score (nSPS) is 13.1. The van der Waals surface area contributed by atoms with Crippen LogP contribution in [0, 0.1) is 11.7 Å². The monoisotopic (exact) mass is 304 g/mol. The zero-order valence-electron chi connectivity index (χ0n) is 12.8. The van der Waals surface area contributed by atoms with Crippen LogP contribution in [0.1, 0.15) is 43.5 Å². The van der Waals surface area contributed by atoms with Gasteiger partial charge in [-0.1, -0.05) is 13.3 Å². The van der Waals surface area contributed by atoms with Crippen molar-refractivity contribution in [3.8, 4) is 0 Å². The van der Waals surface area contributed by atoms with Gasteiger partial charge in [0, 0.05) is 7.05 Å². The third kappa shape index (κ3) is 2.23. The summed E-state index contributed by atoms with van der Waals surface area (Å²) in [6, 6.07) is 4.01. The lowest BCUT2D eigenvalue weighted by Crippen LogP contribution is -2.09. The zero-order chi connectivity index (χ0) is 15.1. The van der Waals surface area contributed by atoms with E-state index < -0.39 is 0 Å². The number of aromatic nitrogens is 4. The lowest BCUT2D eigenvalue weighted by molar-refractivity contribution is 0.429. The van der Waals surface area contributed by atoms with E-state index in [-0.39, 0.29) is 6.04 Å². The second kappa shape index (κ2) is 5.18. The van der Waals surface area contributed by atoms with E-state index in [1.165, 1.54) is 0 Å². The molecular formula is C15H20N4OS. The SMILES string of the molecule is CCCc1nn(C)c2c1[nH]c(=S)n2C(C)c1ccc(C)o1. The molecule has 0 aliphatic rings. The summed E-state index contributed by atoms with van der Waals surface area (Å²) < 4.78 is 10.4. The number of hydrogen-bond donors (Lipinski definition) is 1. The lowest BCUT2D eigenvalue weighted by atomic mass is 10.2. The first-order valence-electron chi connectivity index (χ1n) is 7.25. The van der Waals surface area contributed by atoms with E-state index in [1.54, 1.807) is 0 Å². The Labute approximate surface area is 128 Å². The molecule has 0 aliphatic heterocycles. The van der Waals surface area contributed by atoms with E-state index in [1.807, 2.05) is 30.8 Å². The third-order valence-corrected chi connectivity index (χ3v) is 4.11. The van der Waals surface area contributed by atoms with Gasteiger partial charge in [0.25, 0.3) is 0 Å². The minimum absolute atomic E-state index is 0.0322. The maximum Gasteiger partial charge on any atom is 0.180 e. The summed E-state index contributed by atoms with van der Waals surface area (Å²) in [5.74, 6) is 1.81. The molecule has 0 fully saturated rings. The van der Waals surface area contributed by atoms with Crippen molar-refractivity contribution in [2.24, 2.45) is 7.05 Å². The standard InChI is InChI=1S/C15H20N4OS/c1-5-6-11-13-14(18(4)17-11)19(15(21)16-13)10(3)12-8-7-9(2)20-12/h7-8,10H,5-6H2,1-4H3,(H,16,21). The predicted octanol–water partition coefficient (Wildman–Crippen LogP) is 3.90. The van der Waals surface area contributed by atoms with E-state index in [4.69, 9.17) is 16.6 Å². The summed E-state index contributed by atoms with van der Waals surface area (Å²) >= 11 is 5.52. The average Bonchev–Trinajstić information content (AvgIpc) is 3.07. The van der Waals surface area contributed by atoms with Gasteiger partial charge in [-0.2, -0.15) is 5.10 Å². The van der Waals surface area contributed by atoms with Crippen LogP contribution in [0.4, 0.5) is 0 Å². The van der Waals surface area contributed by atoms with Gasteiger partial charge in [-0.25, -0.2) is 0 Å². The summed E-state index contributed by atoms with van der Waals surface area (Å²) in [5.41, 5.74) is 3.13. The van der Waals surface area contributed by atoms with Crippen molar-refractivity contribution in [3.05, 3.63) is 34.1 Å². The van der Waals surface area contributed by atoms with Crippen LogP contribution in [0.5, 0.6) is 0 Å². The molecule has 3 rings (SSSR count). The van der Waals surface area contributed by atoms with Gasteiger partial charge in [0.2, 0.25) is 0 Å². The summed E-state index contributed by atoms with van der Waals surface area (Å²) in [5, 5.41) is 4.61. The molecule has 5 nitrogen and oxygen atoms in total. The van der Waals surface area contributed by atoms with Crippen LogP contribution in [-0.4, -0.2) is 19.3 Å². The van der Waals surface area contributed by atoms with Crippen molar-refractivity contribution >= 4 is 23.4 Å². The molecule has 0 aromatic carbocycles. The first-order valence-corrected chi connectivity index (χ1v) is 7.66. The zero-order valence-corrected chi connectivity index (χ0v) is 13.6. The fraction of sp³-hybridized carbons (Fsp3) is 0.467. The van der Waals surface area contributed by atoms with Crippen LogP contribution < -0.4 is 0 Å². The summed E-state index contributed by atoms with van der Waals surface area (Å²) in [7, 11) is 1.96. The molecule has 21 heavy (non-hydrogen) atoms. The summed E-state index contributed by atoms with van der Waals surface area (Å²) in [6.45, 7) is 6.19. The summed E-state index contributed by atoms with van der Waals surface area (Å²) in [6.07, 6.45) is 2.01. The predicted molar refractivity (Wildman–Crippen MR) is 85.1 cm³/mol. The highest BCUT2D eigenvalue weighted by Crippen LogP contribution is 2.27. The van der Waals surface area contributed by atoms with Crippen LogP contribution in [0.2, 0.25) is 0 Å². The van der Waals surface area contributed by atoms with Gasteiger partial charge < -0.3 is 9.40 Å². The quantitative estimate of drug-likeness (QED) is 0.744. The van der Waals surface area contributed by atoms with Crippen molar-refractivity contribution in [2.75, 3.05) is 0 Å². The fourth-order valence-electron chi connectivity index (χ4n) is 2.81. The highest BCUT2D eigenvalue weighted by atomic mass is 32.1. The Balaban J connectivity index is 2.18. The van der Waals surface area contributed by atoms with E-state index in [0.29, 0.717) is 4.77 Å². The maximum absolute atomic E-state index is 5.76. The number of aromatic amines is 1. The smallest absolute Gasteiger partial charge is 0.180 e. The van der Waals surface area contributed by atoms with Gasteiger partial charge in [0.15, 0.2) is 10.4 Å². The van der Waals surface area contributed by atoms with E-state index in [2.05, 4.69) is 28.5 Å². The third-order valence-electron chi connectivity index (χ3n) is 3.82. The largest absolute Gasteiger partial charge is 0.464 e. The Morgan fingerprint density at radius 2 is 2.19 bits per heavy atom. The Morgan fingerprint density at radius 1 is 1.43 bits per heavy atom. The molecule has 0 saturated heterocycles. The Kier molecular flexibility index (Phi) is 3.49. The molecule has 0 saturated carbocycles. The van der Waals surface area contributed by atoms with Gasteiger partial charge in [-0.05, 0) is 44.6 Å². The number of fused-ring (bicyclic) bond motifs is 1. The Hall–Kier alpha value is -1.82. The molecule has 6 heteroatoms. The topological polar surface area (TPSA) is 51.7 Å². The lowest BCUT2D eigenvalue weighted by Gasteiger charge is -2.12. The van der Waals surface area contributed by atoms with Crippen LogP contribution >= 0.6 is 12.2 Å². The van der Waals surface area contributed by atoms with Crippen LogP contribution in [-0.2, 0) is 13.5 Å². The van der Waals surface area contributed by atoms with Gasteiger partial charge >= 0.3 is 0 Å². The van der Waals surface area contributed by atoms with Crippen LogP contribution in [0.25, 0.3) is 11.2 Å². The molecule has 1 unspecified atom stereocenters. The molecule has 0 amide bonds. The highest BCUT2D eigenvalue weighted by Gasteiger charge is 2.20. The molecule has 3 heterocycles. The molecule has 0 spiro atoms. The minimum atomic E-state index is 0.0322. The number of furan rings is 1. The maximum atomic E-state index is 5.76. The average molecular weight is 304 g/mol. The number of rotatable bonds is 4. The Morgan fingerprint density at radius 3 is 2.81 bits per heavy atom. The summed E-state index contributed by atoms with van der Waals surface area (Å²) in [4.78, 5) is 3.31. The molecule has 3 aromatic heterocycles. The van der Waals surface area contributed by atoms with Crippen LogP contribution in [0.3, 0.4) is 0 Å². The van der Waals surface area contributed by atoms with Crippen molar-refractivity contribution in [3.63, 3.8) is 0 Å². The van der Waals surface area contributed by atoms with Crippen molar-refractivity contribution in [1.82, 2.24) is 19.3 Å². The van der Waals surface area contributed by atoms with E-state index >= 15 is 0 Å². The van der Waals surface area contributed by atoms with Gasteiger partial charge in [-0.15, -0.1) is 0 Å². The number of nitrogens with zero attached hydrogens (tertiary/aromatic N) is 3. The molecule has 0 radical (unpaired) electrons. The van der Waals surface area contributed by atoms with E-state index in [0.717, 1.165) is 41.2 Å². The molecular weight excluding hydrogens is 284 g/mol. The van der Waals surface area contributed by atoms with Gasteiger partial charge in [0.1, 0.15) is 17.0 Å². The highest BCUT2D eigenvalue weighted by molar-refractivity contribution is 7.71. The molecule has 0 bridgehead atoms.